The fourth-order valence-electron chi connectivity index (χ4n) is 1.87. The lowest BCUT2D eigenvalue weighted by Gasteiger charge is -2.16. The molecule has 0 amide bonds. The first-order valence-electron chi connectivity index (χ1n) is 7.28. The molecule has 1 rings (SSSR count). The molecule has 0 fully saturated rings. The standard InChI is InChI=1S/C16H24N2O2/c1-3-18-13-14-9-8-10-15(19-4-2)16(14)20-12-7-5-6-11-17/h8-10,18H,3-7,12-13H2,1-2H3. The quantitative estimate of drug-likeness (QED) is 0.666. The largest absolute Gasteiger partial charge is 0.490 e. The number of nitrogens with zero attached hydrogens (tertiary/aromatic N) is 1. The van der Waals surface area contributed by atoms with Crippen molar-refractivity contribution in [1.29, 1.82) is 5.26 Å². The third-order valence-electron chi connectivity index (χ3n) is 2.86. The van der Waals surface area contributed by atoms with Gasteiger partial charge in [-0.2, -0.15) is 5.26 Å². The van der Waals surface area contributed by atoms with Crippen molar-refractivity contribution in [3.05, 3.63) is 23.8 Å². The molecule has 1 N–H and O–H groups in total. The van der Waals surface area contributed by atoms with Crippen LogP contribution in [0.1, 0.15) is 38.7 Å². The molecule has 0 saturated carbocycles. The van der Waals surface area contributed by atoms with Gasteiger partial charge in [-0.3, -0.25) is 0 Å². The summed E-state index contributed by atoms with van der Waals surface area (Å²) in [5.41, 5.74) is 1.11. The summed E-state index contributed by atoms with van der Waals surface area (Å²) < 4.78 is 11.5. The summed E-state index contributed by atoms with van der Waals surface area (Å²) in [5.74, 6) is 1.62. The number of hydrogen-bond donors (Lipinski definition) is 1. The van der Waals surface area contributed by atoms with Crippen LogP contribution in [0.4, 0.5) is 0 Å². The second-order valence-electron chi connectivity index (χ2n) is 4.42. The Bertz CT molecular complexity index is 427. The predicted molar refractivity (Wildman–Crippen MR) is 80.0 cm³/mol. The van der Waals surface area contributed by atoms with E-state index in [-0.39, 0.29) is 0 Å². The van der Waals surface area contributed by atoms with Gasteiger partial charge >= 0.3 is 0 Å². The van der Waals surface area contributed by atoms with Crippen LogP contribution in [-0.4, -0.2) is 19.8 Å². The summed E-state index contributed by atoms with van der Waals surface area (Å²) in [5, 5.41) is 11.8. The van der Waals surface area contributed by atoms with Crippen molar-refractivity contribution in [2.24, 2.45) is 0 Å². The summed E-state index contributed by atoms with van der Waals surface area (Å²) in [4.78, 5) is 0. The Morgan fingerprint density at radius 1 is 1.20 bits per heavy atom. The minimum Gasteiger partial charge on any atom is -0.490 e. The molecule has 1 aromatic rings. The third kappa shape index (κ3) is 5.50. The van der Waals surface area contributed by atoms with Crippen LogP contribution in [0, 0.1) is 11.3 Å². The second kappa shape index (κ2) is 10.1. The van der Waals surface area contributed by atoms with E-state index in [2.05, 4.69) is 24.4 Å². The topological polar surface area (TPSA) is 54.3 Å². The molecular weight excluding hydrogens is 252 g/mol. The highest BCUT2D eigenvalue weighted by molar-refractivity contribution is 5.46. The minimum absolute atomic E-state index is 0.584. The minimum atomic E-state index is 0.584. The number of nitrogens with one attached hydrogen (secondary N) is 1. The number of nitriles is 1. The van der Waals surface area contributed by atoms with Crippen molar-refractivity contribution in [3.63, 3.8) is 0 Å². The van der Waals surface area contributed by atoms with E-state index in [0.29, 0.717) is 19.6 Å². The second-order valence-corrected chi connectivity index (χ2v) is 4.42. The van der Waals surface area contributed by atoms with Crippen LogP contribution in [0.15, 0.2) is 18.2 Å². The van der Waals surface area contributed by atoms with Gasteiger partial charge in [0.15, 0.2) is 11.5 Å². The molecule has 0 aliphatic rings. The van der Waals surface area contributed by atoms with Gasteiger partial charge in [0, 0.05) is 18.5 Å². The first-order chi connectivity index (χ1) is 9.83. The SMILES string of the molecule is CCNCc1cccc(OCC)c1OCCCCC#N. The Balaban J connectivity index is 2.69. The lowest BCUT2D eigenvalue weighted by atomic mass is 10.2. The molecule has 20 heavy (non-hydrogen) atoms. The highest BCUT2D eigenvalue weighted by Gasteiger charge is 2.10. The molecule has 0 saturated heterocycles. The fraction of sp³-hybridized carbons (Fsp3) is 0.562. The van der Waals surface area contributed by atoms with Gasteiger partial charge < -0.3 is 14.8 Å². The Kier molecular flexibility index (Phi) is 8.25. The van der Waals surface area contributed by atoms with Crippen LogP contribution in [0.2, 0.25) is 0 Å². The highest BCUT2D eigenvalue weighted by atomic mass is 16.5. The summed E-state index contributed by atoms with van der Waals surface area (Å²) in [6.45, 7) is 6.97. The van der Waals surface area contributed by atoms with Gasteiger partial charge in [0.2, 0.25) is 0 Å². The molecule has 4 nitrogen and oxygen atoms in total. The smallest absolute Gasteiger partial charge is 0.165 e. The van der Waals surface area contributed by atoms with E-state index >= 15 is 0 Å². The summed E-state index contributed by atoms with van der Waals surface area (Å²) >= 11 is 0. The zero-order valence-corrected chi connectivity index (χ0v) is 12.4. The van der Waals surface area contributed by atoms with Gasteiger partial charge in [0.25, 0.3) is 0 Å². The number of rotatable bonds is 10. The Morgan fingerprint density at radius 2 is 2.05 bits per heavy atom. The van der Waals surface area contributed by atoms with Crippen LogP contribution in [0.3, 0.4) is 0 Å². The average molecular weight is 276 g/mol. The normalized spacial score (nSPS) is 10.1. The summed E-state index contributed by atoms with van der Waals surface area (Å²) in [7, 11) is 0. The molecule has 4 heteroatoms. The maximum Gasteiger partial charge on any atom is 0.165 e. The summed E-state index contributed by atoms with van der Waals surface area (Å²) in [6, 6.07) is 8.12. The van der Waals surface area contributed by atoms with Gasteiger partial charge in [0.1, 0.15) is 0 Å². The fourth-order valence-corrected chi connectivity index (χ4v) is 1.87. The van der Waals surface area contributed by atoms with E-state index in [4.69, 9.17) is 14.7 Å². The van der Waals surface area contributed by atoms with E-state index in [1.165, 1.54) is 0 Å². The van der Waals surface area contributed by atoms with E-state index in [1.807, 2.05) is 19.1 Å². The molecule has 0 heterocycles. The molecule has 0 atom stereocenters. The van der Waals surface area contributed by atoms with E-state index in [9.17, 15) is 0 Å². The van der Waals surface area contributed by atoms with Crippen molar-refractivity contribution in [2.75, 3.05) is 19.8 Å². The maximum atomic E-state index is 8.52. The van der Waals surface area contributed by atoms with Crippen molar-refractivity contribution >= 4 is 0 Å². The van der Waals surface area contributed by atoms with Gasteiger partial charge in [-0.05, 0) is 32.4 Å². The first kappa shape index (κ1) is 16.3. The van der Waals surface area contributed by atoms with E-state index < -0.39 is 0 Å². The predicted octanol–water partition coefficient (Wildman–Crippen LogP) is 3.27. The lowest BCUT2D eigenvalue weighted by Crippen LogP contribution is -2.13. The van der Waals surface area contributed by atoms with Crippen molar-refractivity contribution in [1.82, 2.24) is 5.32 Å². The molecule has 1 aromatic carbocycles. The molecule has 0 aliphatic carbocycles. The lowest BCUT2D eigenvalue weighted by molar-refractivity contribution is 0.269. The van der Waals surface area contributed by atoms with E-state index in [0.717, 1.165) is 43.0 Å². The average Bonchev–Trinajstić information content (AvgIpc) is 2.47. The van der Waals surface area contributed by atoms with Gasteiger partial charge in [-0.1, -0.05) is 19.1 Å². The summed E-state index contributed by atoms with van der Waals surface area (Å²) in [6.07, 6.45) is 2.34. The van der Waals surface area contributed by atoms with Gasteiger partial charge in [-0.25, -0.2) is 0 Å². The van der Waals surface area contributed by atoms with Crippen LogP contribution in [0.25, 0.3) is 0 Å². The molecule has 110 valence electrons. The molecule has 0 aliphatic heterocycles. The van der Waals surface area contributed by atoms with Crippen molar-refractivity contribution < 1.29 is 9.47 Å². The van der Waals surface area contributed by atoms with Crippen LogP contribution in [0.5, 0.6) is 11.5 Å². The molecular formula is C16H24N2O2. The van der Waals surface area contributed by atoms with Gasteiger partial charge in [0.05, 0.1) is 19.3 Å². The Hall–Kier alpha value is -1.73. The number of unbranched alkanes of at least 4 members (excludes halogenated alkanes) is 2. The number of benzene rings is 1. The number of hydrogen-bond acceptors (Lipinski definition) is 4. The van der Waals surface area contributed by atoms with Crippen molar-refractivity contribution in [2.45, 2.75) is 39.7 Å². The molecule has 0 unspecified atom stereocenters. The van der Waals surface area contributed by atoms with Crippen molar-refractivity contribution in [3.8, 4) is 17.6 Å². The molecule has 0 bridgehead atoms. The molecule has 0 radical (unpaired) electrons. The molecule has 0 aromatic heterocycles. The maximum absolute atomic E-state index is 8.52. The highest BCUT2D eigenvalue weighted by Crippen LogP contribution is 2.31. The van der Waals surface area contributed by atoms with Crippen LogP contribution in [-0.2, 0) is 6.54 Å². The third-order valence-corrected chi connectivity index (χ3v) is 2.86. The number of ether oxygens (including phenoxy) is 2. The monoisotopic (exact) mass is 276 g/mol. The number of para-hydroxylation sites is 1. The Morgan fingerprint density at radius 3 is 2.75 bits per heavy atom. The first-order valence-corrected chi connectivity index (χ1v) is 7.28. The zero-order chi connectivity index (χ0) is 14.6. The van der Waals surface area contributed by atoms with Crippen LogP contribution >= 0.6 is 0 Å². The zero-order valence-electron chi connectivity index (χ0n) is 12.4. The van der Waals surface area contributed by atoms with Crippen LogP contribution < -0.4 is 14.8 Å². The Labute approximate surface area is 121 Å². The molecule has 0 spiro atoms. The van der Waals surface area contributed by atoms with Gasteiger partial charge in [-0.15, -0.1) is 0 Å². The van der Waals surface area contributed by atoms with E-state index in [1.54, 1.807) is 0 Å².